The molecule has 0 aliphatic carbocycles. The van der Waals surface area contributed by atoms with Crippen LogP contribution in [0, 0.1) is 0 Å². The number of nitrogens with zero attached hydrogens (tertiary/aromatic N) is 2. The molecule has 1 rings (SSSR count). The maximum Gasteiger partial charge on any atom is 0.322 e. The number of rotatable bonds is 1. The van der Waals surface area contributed by atoms with Crippen molar-refractivity contribution in [2.45, 2.75) is 5.72 Å². The number of primary amides is 1. The Balaban J connectivity index is 3.14. The zero-order valence-corrected chi connectivity index (χ0v) is 5.69. The van der Waals surface area contributed by atoms with Crippen LogP contribution in [-0.2, 0) is 9.59 Å². The summed E-state index contributed by atoms with van der Waals surface area (Å²) in [4.78, 5) is 26.7. The number of hydrogen-bond donors (Lipinski definition) is 2. The van der Waals surface area contributed by atoms with Gasteiger partial charge in [-0.3, -0.25) is 9.59 Å². The molecule has 1 aliphatic heterocycles. The first kappa shape index (κ1) is 8.47. The molecule has 3 N–H and O–H groups in total. The number of amides is 2. The minimum atomic E-state index is -2.88. The minimum Gasteiger partial charge on any atom is -0.365 e. The SMILES string of the molecule is NC(=O)C1(O)N=C(F)C=NC1=O. The second-order valence-corrected chi connectivity index (χ2v) is 2.03. The Labute approximate surface area is 65.6 Å². The fourth-order valence-electron chi connectivity index (χ4n) is 0.594. The highest BCUT2D eigenvalue weighted by Crippen LogP contribution is 2.12. The number of halogens is 1. The normalized spacial score (nSPS) is 28.5. The van der Waals surface area contributed by atoms with Crippen molar-refractivity contribution in [3.05, 3.63) is 0 Å². The summed E-state index contributed by atoms with van der Waals surface area (Å²) in [5, 5.41) is 9.02. The molecule has 64 valence electrons. The molecule has 0 fully saturated rings. The standard InChI is InChI=1S/C5H4FN3O3/c6-2-1-8-4(11)5(12,9-2)3(7)10/h1,12H,(H2,7,10). The number of aliphatic hydroxyl groups is 1. The second-order valence-electron chi connectivity index (χ2n) is 2.03. The first-order valence-corrected chi connectivity index (χ1v) is 2.83. The van der Waals surface area contributed by atoms with Crippen molar-refractivity contribution in [1.29, 1.82) is 0 Å². The molecule has 0 saturated carbocycles. The van der Waals surface area contributed by atoms with Gasteiger partial charge in [-0.2, -0.15) is 4.39 Å². The summed E-state index contributed by atoms with van der Waals surface area (Å²) < 4.78 is 12.3. The van der Waals surface area contributed by atoms with E-state index in [0.29, 0.717) is 6.21 Å². The van der Waals surface area contributed by atoms with E-state index in [1.807, 2.05) is 0 Å². The van der Waals surface area contributed by atoms with E-state index in [-0.39, 0.29) is 0 Å². The van der Waals surface area contributed by atoms with E-state index in [1.165, 1.54) is 0 Å². The van der Waals surface area contributed by atoms with Gasteiger partial charge in [-0.15, -0.1) is 0 Å². The van der Waals surface area contributed by atoms with Gasteiger partial charge >= 0.3 is 11.6 Å². The third-order valence-corrected chi connectivity index (χ3v) is 1.20. The maximum absolute atomic E-state index is 12.3. The molecular weight excluding hydrogens is 169 g/mol. The highest BCUT2D eigenvalue weighted by Gasteiger charge is 2.44. The quantitative estimate of drug-likeness (QED) is 0.454. The number of aliphatic imine (C=N–C) groups is 2. The third-order valence-electron chi connectivity index (χ3n) is 1.20. The van der Waals surface area contributed by atoms with Crippen LogP contribution < -0.4 is 5.73 Å². The van der Waals surface area contributed by atoms with Crippen molar-refractivity contribution in [3.63, 3.8) is 0 Å². The van der Waals surface area contributed by atoms with Crippen LogP contribution >= 0.6 is 0 Å². The van der Waals surface area contributed by atoms with Crippen LogP contribution in [0.1, 0.15) is 0 Å². The van der Waals surface area contributed by atoms with Crippen molar-refractivity contribution in [2.24, 2.45) is 15.7 Å². The Kier molecular flexibility index (Phi) is 1.73. The fourth-order valence-corrected chi connectivity index (χ4v) is 0.594. The van der Waals surface area contributed by atoms with Crippen molar-refractivity contribution in [2.75, 3.05) is 0 Å². The lowest BCUT2D eigenvalue weighted by Gasteiger charge is -2.16. The molecule has 0 radical (unpaired) electrons. The molecular formula is C5H4FN3O3. The summed E-state index contributed by atoms with van der Waals surface area (Å²) in [6, 6.07) is 0. The van der Waals surface area contributed by atoms with E-state index in [0.717, 1.165) is 0 Å². The Morgan fingerprint density at radius 1 is 1.75 bits per heavy atom. The zero-order chi connectivity index (χ0) is 9.35. The maximum atomic E-state index is 12.3. The molecule has 1 aliphatic rings. The molecule has 1 atom stereocenters. The highest BCUT2D eigenvalue weighted by molar-refractivity contribution is 6.32. The molecule has 1 unspecified atom stereocenters. The van der Waals surface area contributed by atoms with E-state index in [9.17, 15) is 14.0 Å². The van der Waals surface area contributed by atoms with Crippen molar-refractivity contribution < 1.29 is 19.1 Å². The average molecular weight is 173 g/mol. The van der Waals surface area contributed by atoms with Gasteiger partial charge in [-0.1, -0.05) is 0 Å². The second kappa shape index (κ2) is 2.45. The highest BCUT2D eigenvalue weighted by atomic mass is 19.1. The van der Waals surface area contributed by atoms with Gasteiger partial charge in [0.05, 0.1) is 6.21 Å². The Morgan fingerprint density at radius 3 is 2.75 bits per heavy atom. The van der Waals surface area contributed by atoms with Crippen LogP contribution in [0.3, 0.4) is 0 Å². The molecule has 0 aromatic carbocycles. The topological polar surface area (TPSA) is 105 Å². The monoisotopic (exact) mass is 173 g/mol. The number of carbonyl (C=O) groups is 2. The summed E-state index contributed by atoms with van der Waals surface area (Å²) >= 11 is 0. The lowest BCUT2D eigenvalue weighted by Crippen LogP contribution is -2.50. The first-order chi connectivity index (χ1) is 5.47. The molecule has 1 heterocycles. The Morgan fingerprint density at radius 2 is 2.33 bits per heavy atom. The molecule has 6 nitrogen and oxygen atoms in total. The number of carbonyl (C=O) groups excluding carboxylic acids is 2. The van der Waals surface area contributed by atoms with Gasteiger partial charge in [0.15, 0.2) is 0 Å². The van der Waals surface area contributed by atoms with Crippen LogP contribution in [-0.4, -0.2) is 34.8 Å². The summed E-state index contributed by atoms with van der Waals surface area (Å²) in [6.45, 7) is 0. The summed E-state index contributed by atoms with van der Waals surface area (Å²) in [5.41, 5.74) is 1.72. The van der Waals surface area contributed by atoms with Crippen LogP contribution in [0.15, 0.2) is 9.98 Å². The average Bonchev–Trinajstić information content (AvgIpc) is 1.97. The third kappa shape index (κ3) is 1.10. The molecule has 0 aromatic heterocycles. The van der Waals surface area contributed by atoms with Crippen molar-refractivity contribution in [1.82, 2.24) is 0 Å². The van der Waals surface area contributed by atoms with Gasteiger partial charge in [-0.25, -0.2) is 9.98 Å². The minimum absolute atomic E-state index is 0.486. The largest absolute Gasteiger partial charge is 0.365 e. The van der Waals surface area contributed by atoms with E-state index in [4.69, 9.17) is 5.11 Å². The van der Waals surface area contributed by atoms with Crippen LogP contribution in [0.4, 0.5) is 4.39 Å². The van der Waals surface area contributed by atoms with Crippen LogP contribution in [0.5, 0.6) is 0 Å². The van der Waals surface area contributed by atoms with Crippen molar-refractivity contribution in [3.8, 4) is 0 Å². The van der Waals surface area contributed by atoms with E-state index in [2.05, 4.69) is 15.7 Å². The molecule has 7 heteroatoms. The molecule has 0 aromatic rings. The van der Waals surface area contributed by atoms with Gasteiger partial charge in [0.25, 0.3) is 5.91 Å². The molecule has 0 spiro atoms. The fraction of sp³-hybridized carbons (Fsp3) is 0.200. The van der Waals surface area contributed by atoms with Crippen molar-refractivity contribution >= 4 is 24.0 Å². The van der Waals surface area contributed by atoms with Gasteiger partial charge in [-0.05, 0) is 0 Å². The lowest BCUT2D eigenvalue weighted by molar-refractivity contribution is -0.148. The Hall–Kier alpha value is -1.63. The van der Waals surface area contributed by atoms with E-state index in [1.54, 1.807) is 0 Å². The molecule has 12 heavy (non-hydrogen) atoms. The predicted octanol–water partition coefficient (Wildman–Crippen LogP) is -1.86. The smallest absolute Gasteiger partial charge is 0.322 e. The van der Waals surface area contributed by atoms with Crippen LogP contribution in [0.2, 0.25) is 0 Å². The summed E-state index contributed by atoms with van der Waals surface area (Å²) in [7, 11) is 0. The van der Waals surface area contributed by atoms with Gasteiger partial charge in [0.1, 0.15) is 0 Å². The van der Waals surface area contributed by atoms with E-state index >= 15 is 0 Å². The molecule has 0 bridgehead atoms. The molecule has 0 saturated heterocycles. The summed E-state index contributed by atoms with van der Waals surface area (Å²) in [5.74, 6) is -3.98. The number of nitrogens with two attached hydrogens (primary N) is 1. The van der Waals surface area contributed by atoms with Gasteiger partial charge in [0.2, 0.25) is 5.97 Å². The lowest BCUT2D eigenvalue weighted by atomic mass is 10.2. The Bertz CT molecular complexity index is 311. The predicted molar refractivity (Wildman–Crippen MR) is 36.2 cm³/mol. The van der Waals surface area contributed by atoms with Gasteiger partial charge in [0, 0.05) is 0 Å². The number of hydrogen-bond acceptors (Lipinski definition) is 4. The molecule has 2 amide bonds. The van der Waals surface area contributed by atoms with Gasteiger partial charge < -0.3 is 10.8 Å². The first-order valence-electron chi connectivity index (χ1n) is 2.83. The van der Waals surface area contributed by atoms with E-state index < -0.39 is 23.5 Å². The summed E-state index contributed by atoms with van der Waals surface area (Å²) in [6.07, 6.45) is 0.486. The zero-order valence-electron chi connectivity index (χ0n) is 5.69. The van der Waals surface area contributed by atoms with Crippen LogP contribution in [0.25, 0.3) is 0 Å².